The van der Waals surface area contributed by atoms with Crippen molar-refractivity contribution in [2.45, 2.75) is 65.2 Å². The second kappa shape index (κ2) is 5.44. The van der Waals surface area contributed by atoms with Gasteiger partial charge in [-0.05, 0) is 85.9 Å². The van der Waals surface area contributed by atoms with E-state index in [9.17, 15) is 14.7 Å². The topological polar surface area (TPSA) is 54.4 Å². The molecule has 0 aliphatic heterocycles. The first-order chi connectivity index (χ1) is 11.4. The molecule has 0 bridgehead atoms. The molecule has 0 unspecified atom stereocenters. The van der Waals surface area contributed by atoms with Crippen LogP contribution in [0, 0.1) is 40.4 Å². The maximum absolute atomic E-state index is 11.6. The van der Waals surface area contributed by atoms with E-state index in [0.717, 1.165) is 31.6 Å². The van der Waals surface area contributed by atoms with E-state index in [0.29, 0.717) is 23.3 Å². The van der Waals surface area contributed by atoms with E-state index in [1.54, 1.807) is 0 Å². The van der Waals surface area contributed by atoms with Crippen LogP contribution in [0.5, 0.6) is 0 Å². The van der Waals surface area contributed by atoms with Crippen molar-refractivity contribution in [2.24, 2.45) is 40.4 Å². The Morgan fingerprint density at radius 3 is 2.54 bits per heavy atom. The predicted molar refractivity (Wildman–Crippen MR) is 92.4 cm³/mol. The SMILES string of the molecule is C[C@]12CCC(C(=O)O)=C[C@@H]1CC[C@@H]1[C@@H]2CC[C@]2(C)[C@@H](C=O)CC[C@@H]12. The highest BCUT2D eigenvalue weighted by molar-refractivity contribution is 5.86. The molecule has 0 spiro atoms. The molecule has 3 saturated carbocycles. The van der Waals surface area contributed by atoms with Gasteiger partial charge >= 0.3 is 5.97 Å². The van der Waals surface area contributed by atoms with Crippen molar-refractivity contribution in [3.8, 4) is 0 Å². The Labute approximate surface area is 144 Å². The largest absolute Gasteiger partial charge is 0.478 e. The Hall–Kier alpha value is -1.12. The number of hydrogen-bond donors (Lipinski definition) is 1. The lowest BCUT2D eigenvalue weighted by Crippen LogP contribution is -2.52. The summed E-state index contributed by atoms with van der Waals surface area (Å²) in [4.78, 5) is 22.9. The first-order valence-corrected chi connectivity index (χ1v) is 9.79. The van der Waals surface area contributed by atoms with Crippen LogP contribution in [0.1, 0.15) is 65.2 Å². The van der Waals surface area contributed by atoms with Crippen LogP contribution in [0.15, 0.2) is 11.6 Å². The fourth-order valence-corrected chi connectivity index (χ4v) is 7.30. The molecule has 4 aliphatic rings. The van der Waals surface area contributed by atoms with Crippen molar-refractivity contribution in [3.63, 3.8) is 0 Å². The van der Waals surface area contributed by atoms with Crippen molar-refractivity contribution in [2.75, 3.05) is 0 Å². The zero-order valence-corrected chi connectivity index (χ0v) is 15.0. The quantitative estimate of drug-likeness (QED) is 0.760. The Morgan fingerprint density at radius 1 is 1.08 bits per heavy atom. The third-order valence-electron chi connectivity index (χ3n) is 8.79. The fourth-order valence-electron chi connectivity index (χ4n) is 7.30. The highest BCUT2D eigenvalue weighted by Gasteiger charge is 2.59. The number of allylic oxidation sites excluding steroid dienone is 1. The number of hydrogen-bond acceptors (Lipinski definition) is 2. The molecular formula is C21H30O3. The molecule has 0 heterocycles. The first kappa shape index (κ1) is 16.4. The zero-order valence-electron chi connectivity index (χ0n) is 15.0. The van der Waals surface area contributed by atoms with Gasteiger partial charge < -0.3 is 9.90 Å². The van der Waals surface area contributed by atoms with Gasteiger partial charge in [0.15, 0.2) is 0 Å². The van der Waals surface area contributed by atoms with Crippen LogP contribution in [-0.4, -0.2) is 17.4 Å². The number of carboxylic acids is 1. The summed E-state index contributed by atoms with van der Waals surface area (Å²) in [6.07, 6.45) is 12.1. The van der Waals surface area contributed by atoms with E-state index >= 15 is 0 Å². The van der Waals surface area contributed by atoms with E-state index in [1.165, 1.54) is 32.0 Å². The Bertz CT molecular complexity index is 594. The molecule has 0 aromatic rings. The van der Waals surface area contributed by atoms with Gasteiger partial charge in [-0.3, -0.25) is 0 Å². The molecule has 0 aromatic carbocycles. The molecule has 0 amide bonds. The summed E-state index contributed by atoms with van der Waals surface area (Å²) >= 11 is 0. The number of carbonyl (C=O) groups excluding carboxylic acids is 1. The van der Waals surface area contributed by atoms with Gasteiger partial charge in [0, 0.05) is 11.5 Å². The number of carboxylic acid groups (broad SMARTS) is 1. The van der Waals surface area contributed by atoms with Crippen molar-refractivity contribution in [1.29, 1.82) is 0 Å². The molecule has 0 aromatic heterocycles. The maximum atomic E-state index is 11.6. The molecule has 24 heavy (non-hydrogen) atoms. The minimum atomic E-state index is -0.722. The van der Waals surface area contributed by atoms with Crippen LogP contribution in [0.3, 0.4) is 0 Å². The summed E-state index contributed by atoms with van der Waals surface area (Å²) in [7, 11) is 0. The van der Waals surface area contributed by atoms with Gasteiger partial charge in [0.2, 0.25) is 0 Å². The minimum Gasteiger partial charge on any atom is -0.478 e. The molecule has 3 nitrogen and oxygen atoms in total. The number of fused-ring (bicyclic) bond motifs is 5. The number of rotatable bonds is 2. The van der Waals surface area contributed by atoms with Crippen LogP contribution in [0.2, 0.25) is 0 Å². The second-order valence-electron chi connectivity index (χ2n) is 9.43. The Morgan fingerprint density at radius 2 is 1.83 bits per heavy atom. The molecule has 4 rings (SSSR count). The van der Waals surface area contributed by atoms with Crippen LogP contribution < -0.4 is 0 Å². The van der Waals surface area contributed by atoms with Gasteiger partial charge in [0.05, 0.1) is 0 Å². The molecule has 7 atom stereocenters. The summed E-state index contributed by atoms with van der Waals surface area (Å²) < 4.78 is 0. The molecule has 0 radical (unpaired) electrons. The lowest BCUT2D eigenvalue weighted by atomic mass is 9.45. The van der Waals surface area contributed by atoms with Crippen molar-refractivity contribution < 1.29 is 14.7 Å². The van der Waals surface area contributed by atoms with Gasteiger partial charge in [0.1, 0.15) is 6.29 Å². The highest BCUT2D eigenvalue weighted by atomic mass is 16.4. The van der Waals surface area contributed by atoms with Gasteiger partial charge in [-0.1, -0.05) is 19.9 Å². The molecule has 0 saturated heterocycles. The van der Waals surface area contributed by atoms with Crippen LogP contribution in [0.4, 0.5) is 0 Å². The smallest absolute Gasteiger partial charge is 0.331 e. The van der Waals surface area contributed by atoms with E-state index in [4.69, 9.17) is 0 Å². The molecule has 4 aliphatic carbocycles. The predicted octanol–water partition coefficient (Wildman–Crippen LogP) is 4.47. The summed E-state index contributed by atoms with van der Waals surface area (Å²) in [5.74, 6) is 2.14. The first-order valence-electron chi connectivity index (χ1n) is 9.79. The Balaban J connectivity index is 1.63. The van der Waals surface area contributed by atoms with Gasteiger partial charge in [-0.15, -0.1) is 0 Å². The zero-order chi connectivity index (χ0) is 17.1. The van der Waals surface area contributed by atoms with E-state index < -0.39 is 5.97 Å². The molecule has 132 valence electrons. The standard InChI is InChI=1S/C21H30O3/c1-20-9-7-13(19(23)24)11-14(20)3-5-16-17-6-4-15(12-22)21(17,2)10-8-18(16)20/h11-12,14-18H,3-10H2,1-2H3,(H,23,24)/t14-,15+,16-,17-,18-,20-,21+/m0/s1. The molecule has 3 fully saturated rings. The molecule has 1 N–H and O–H groups in total. The molecule has 3 heteroatoms. The maximum Gasteiger partial charge on any atom is 0.331 e. The average Bonchev–Trinajstić information content (AvgIpc) is 2.90. The number of aliphatic carboxylic acids is 1. The molecular weight excluding hydrogens is 300 g/mol. The van der Waals surface area contributed by atoms with Gasteiger partial charge in [-0.2, -0.15) is 0 Å². The summed E-state index contributed by atoms with van der Waals surface area (Å²) in [5, 5.41) is 9.36. The third-order valence-corrected chi connectivity index (χ3v) is 8.79. The number of aldehydes is 1. The highest BCUT2D eigenvalue weighted by Crippen LogP contribution is 2.66. The van der Waals surface area contributed by atoms with E-state index in [-0.39, 0.29) is 16.7 Å². The third kappa shape index (κ3) is 2.09. The van der Waals surface area contributed by atoms with E-state index in [2.05, 4.69) is 19.9 Å². The van der Waals surface area contributed by atoms with E-state index in [1.807, 2.05) is 0 Å². The minimum absolute atomic E-state index is 0.225. The van der Waals surface area contributed by atoms with Crippen LogP contribution in [0.25, 0.3) is 0 Å². The normalized spacial score (nSPS) is 50.2. The van der Waals surface area contributed by atoms with Gasteiger partial charge in [-0.25, -0.2) is 4.79 Å². The van der Waals surface area contributed by atoms with Gasteiger partial charge in [0.25, 0.3) is 0 Å². The lowest BCUT2D eigenvalue weighted by Gasteiger charge is -2.59. The monoisotopic (exact) mass is 330 g/mol. The van der Waals surface area contributed by atoms with Crippen molar-refractivity contribution in [1.82, 2.24) is 0 Å². The lowest BCUT2D eigenvalue weighted by molar-refractivity contribution is -0.133. The summed E-state index contributed by atoms with van der Waals surface area (Å²) in [6.45, 7) is 4.80. The summed E-state index contributed by atoms with van der Waals surface area (Å²) in [5.41, 5.74) is 1.13. The van der Waals surface area contributed by atoms with Crippen molar-refractivity contribution in [3.05, 3.63) is 11.6 Å². The average molecular weight is 330 g/mol. The number of carbonyl (C=O) groups is 2. The fraction of sp³-hybridized carbons (Fsp3) is 0.810. The Kier molecular flexibility index (Phi) is 3.71. The van der Waals surface area contributed by atoms with Crippen LogP contribution in [-0.2, 0) is 9.59 Å². The second-order valence-corrected chi connectivity index (χ2v) is 9.43. The van der Waals surface area contributed by atoms with Crippen LogP contribution >= 0.6 is 0 Å². The summed E-state index contributed by atoms with van der Waals surface area (Å²) in [6, 6.07) is 0. The van der Waals surface area contributed by atoms with Crippen molar-refractivity contribution >= 4 is 12.3 Å².